The summed E-state index contributed by atoms with van der Waals surface area (Å²) in [5, 5.41) is 8.43. The summed E-state index contributed by atoms with van der Waals surface area (Å²) < 4.78 is 2.43. The van der Waals surface area contributed by atoms with Crippen LogP contribution in [-0.2, 0) is 6.54 Å². The van der Waals surface area contributed by atoms with Crippen LogP contribution >= 0.6 is 36.2 Å². The Morgan fingerprint density at radius 1 is 0.931 bits per heavy atom. The third kappa shape index (κ3) is 3.92. The van der Waals surface area contributed by atoms with Crippen molar-refractivity contribution in [3.8, 4) is 0 Å². The van der Waals surface area contributed by atoms with Gasteiger partial charge in [-0.05, 0) is 42.1 Å². The van der Waals surface area contributed by atoms with E-state index in [0.29, 0.717) is 6.04 Å². The second kappa shape index (κ2) is 9.50. The van der Waals surface area contributed by atoms with Gasteiger partial charge in [0.15, 0.2) is 0 Å². The van der Waals surface area contributed by atoms with Crippen LogP contribution in [0.25, 0.3) is 21.8 Å². The molecule has 1 aliphatic rings. The highest BCUT2D eigenvalue weighted by molar-refractivity contribution is 7.10. The Hall–Kier alpha value is -1.56. The molecule has 0 aliphatic carbocycles. The molecule has 0 radical (unpaired) electrons. The van der Waals surface area contributed by atoms with E-state index in [1.807, 2.05) is 11.3 Å². The molecule has 1 fully saturated rings. The van der Waals surface area contributed by atoms with Crippen LogP contribution in [0.5, 0.6) is 0 Å². The van der Waals surface area contributed by atoms with E-state index in [9.17, 15) is 0 Å². The number of piperazine rings is 1. The Labute approximate surface area is 188 Å². The Bertz CT molecular complexity index is 1070. The van der Waals surface area contributed by atoms with Crippen molar-refractivity contribution < 1.29 is 0 Å². The molecule has 2 aromatic carbocycles. The van der Waals surface area contributed by atoms with Crippen molar-refractivity contribution in [2.75, 3.05) is 26.2 Å². The number of hydrogen-bond donors (Lipinski definition) is 1. The van der Waals surface area contributed by atoms with Gasteiger partial charge in [0.05, 0.1) is 6.04 Å². The molecule has 1 aliphatic heterocycles. The summed E-state index contributed by atoms with van der Waals surface area (Å²) in [6.45, 7) is 7.55. The van der Waals surface area contributed by atoms with E-state index in [2.05, 4.69) is 81.7 Å². The van der Waals surface area contributed by atoms with Gasteiger partial charge >= 0.3 is 0 Å². The zero-order valence-electron chi connectivity index (χ0n) is 16.5. The SMILES string of the molecule is CCn1c2ccccc2c2cc([C@H](c3cccs3)N3CCNCC3)ccc21.Cl.Cl. The molecule has 0 amide bonds. The fourth-order valence-electron chi connectivity index (χ4n) is 4.52. The number of rotatable bonds is 4. The number of nitrogens with zero attached hydrogens (tertiary/aromatic N) is 2. The first kappa shape index (κ1) is 22.1. The minimum absolute atomic E-state index is 0. The summed E-state index contributed by atoms with van der Waals surface area (Å²) in [6.07, 6.45) is 0. The van der Waals surface area contributed by atoms with Gasteiger partial charge in [-0.15, -0.1) is 36.2 Å². The van der Waals surface area contributed by atoms with E-state index in [0.717, 1.165) is 32.7 Å². The predicted octanol–water partition coefficient (Wildman–Crippen LogP) is 5.71. The van der Waals surface area contributed by atoms with Crippen molar-refractivity contribution in [2.45, 2.75) is 19.5 Å². The average molecular weight is 448 g/mol. The minimum atomic E-state index is 0. The fraction of sp³-hybridized carbons (Fsp3) is 0.304. The van der Waals surface area contributed by atoms with Crippen LogP contribution in [0.1, 0.15) is 23.4 Å². The molecule has 5 rings (SSSR count). The second-order valence-electron chi connectivity index (χ2n) is 7.24. The van der Waals surface area contributed by atoms with Crippen molar-refractivity contribution in [3.63, 3.8) is 0 Å². The Morgan fingerprint density at radius 2 is 1.69 bits per heavy atom. The van der Waals surface area contributed by atoms with Crippen molar-refractivity contribution in [2.24, 2.45) is 0 Å². The normalized spacial score (nSPS) is 15.8. The van der Waals surface area contributed by atoms with E-state index in [4.69, 9.17) is 0 Å². The number of nitrogens with one attached hydrogen (secondary N) is 1. The molecule has 29 heavy (non-hydrogen) atoms. The number of halogens is 2. The summed E-state index contributed by atoms with van der Waals surface area (Å²) in [6, 6.07) is 20.7. The lowest BCUT2D eigenvalue weighted by Gasteiger charge is -2.34. The molecule has 154 valence electrons. The maximum Gasteiger partial charge on any atom is 0.0697 e. The van der Waals surface area contributed by atoms with Gasteiger partial charge in [-0.1, -0.05) is 30.3 Å². The summed E-state index contributed by atoms with van der Waals surface area (Å²) in [5.41, 5.74) is 4.08. The first-order valence-electron chi connectivity index (χ1n) is 9.86. The van der Waals surface area contributed by atoms with Gasteiger partial charge in [-0.25, -0.2) is 0 Å². The first-order chi connectivity index (χ1) is 13.4. The third-order valence-electron chi connectivity index (χ3n) is 5.76. The van der Waals surface area contributed by atoms with Gasteiger partial charge in [0.1, 0.15) is 0 Å². The molecule has 6 heteroatoms. The van der Waals surface area contributed by atoms with Crippen molar-refractivity contribution in [3.05, 3.63) is 70.4 Å². The molecular formula is C23H27Cl2N3S. The van der Waals surface area contributed by atoms with E-state index >= 15 is 0 Å². The highest BCUT2D eigenvalue weighted by atomic mass is 35.5. The Morgan fingerprint density at radius 3 is 2.41 bits per heavy atom. The number of hydrogen-bond acceptors (Lipinski definition) is 3. The molecule has 3 nitrogen and oxygen atoms in total. The number of thiophene rings is 1. The third-order valence-corrected chi connectivity index (χ3v) is 6.68. The van der Waals surface area contributed by atoms with Crippen LogP contribution in [0.15, 0.2) is 60.0 Å². The maximum atomic E-state index is 3.49. The highest BCUT2D eigenvalue weighted by Gasteiger charge is 2.25. The lowest BCUT2D eigenvalue weighted by molar-refractivity contribution is 0.201. The van der Waals surface area contributed by atoms with Crippen LogP contribution < -0.4 is 5.32 Å². The Balaban J connectivity index is 0.00000120. The molecule has 0 bridgehead atoms. The Kier molecular flexibility index (Phi) is 7.25. The molecule has 0 spiro atoms. The smallest absolute Gasteiger partial charge is 0.0697 e. The van der Waals surface area contributed by atoms with E-state index in [1.54, 1.807) is 0 Å². The summed E-state index contributed by atoms with van der Waals surface area (Å²) in [4.78, 5) is 4.07. The maximum absolute atomic E-state index is 3.49. The van der Waals surface area contributed by atoms with Crippen LogP contribution in [0.2, 0.25) is 0 Å². The monoisotopic (exact) mass is 447 g/mol. The van der Waals surface area contributed by atoms with Crippen molar-refractivity contribution in [1.29, 1.82) is 0 Å². The second-order valence-corrected chi connectivity index (χ2v) is 8.22. The molecule has 4 aromatic rings. The van der Waals surface area contributed by atoms with Gasteiger partial charge < -0.3 is 9.88 Å². The number of para-hydroxylation sites is 1. The number of aromatic nitrogens is 1. The zero-order valence-corrected chi connectivity index (χ0v) is 19.0. The zero-order chi connectivity index (χ0) is 18.2. The van der Waals surface area contributed by atoms with Crippen LogP contribution in [-0.4, -0.2) is 35.6 Å². The first-order valence-corrected chi connectivity index (χ1v) is 10.7. The number of aryl methyl sites for hydroxylation is 1. The lowest BCUT2D eigenvalue weighted by Crippen LogP contribution is -2.45. The van der Waals surface area contributed by atoms with Crippen molar-refractivity contribution >= 4 is 58.0 Å². The van der Waals surface area contributed by atoms with Gasteiger partial charge in [-0.3, -0.25) is 4.90 Å². The molecule has 0 saturated carbocycles. The van der Waals surface area contributed by atoms with Crippen molar-refractivity contribution in [1.82, 2.24) is 14.8 Å². The van der Waals surface area contributed by atoms with Crippen LogP contribution in [0, 0.1) is 0 Å². The molecule has 2 aromatic heterocycles. The highest BCUT2D eigenvalue weighted by Crippen LogP contribution is 2.36. The van der Waals surface area contributed by atoms with Gasteiger partial charge in [-0.2, -0.15) is 0 Å². The summed E-state index contributed by atoms with van der Waals surface area (Å²) in [7, 11) is 0. The summed E-state index contributed by atoms with van der Waals surface area (Å²) >= 11 is 1.87. The largest absolute Gasteiger partial charge is 0.341 e. The van der Waals surface area contributed by atoms with E-state index < -0.39 is 0 Å². The van der Waals surface area contributed by atoms with Gasteiger partial charge in [0.2, 0.25) is 0 Å². The average Bonchev–Trinajstić information content (AvgIpc) is 3.35. The molecular weight excluding hydrogens is 421 g/mol. The molecule has 3 heterocycles. The quantitative estimate of drug-likeness (QED) is 0.431. The van der Waals surface area contributed by atoms with E-state index in [1.165, 1.54) is 32.2 Å². The summed E-state index contributed by atoms with van der Waals surface area (Å²) in [5.74, 6) is 0. The standard InChI is InChI=1S/C23H25N3S.2ClH/c1-2-26-20-7-4-3-6-18(20)19-16-17(9-10-21(19)26)23(22-8-5-15-27-22)25-13-11-24-12-14-25;;/h3-10,15-16,23-24H,2,11-14H2,1H3;2*1H/t23-;;/m1../s1. The molecule has 1 atom stereocenters. The van der Waals surface area contributed by atoms with Crippen LogP contribution in [0.3, 0.4) is 0 Å². The molecule has 1 N–H and O–H groups in total. The van der Waals surface area contributed by atoms with Crippen LogP contribution in [0.4, 0.5) is 0 Å². The molecule has 0 unspecified atom stereocenters. The number of benzene rings is 2. The molecule has 1 saturated heterocycles. The van der Waals surface area contributed by atoms with Gasteiger partial charge in [0.25, 0.3) is 0 Å². The van der Waals surface area contributed by atoms with Gasteiger partial charge in [0, 0.05) is 59.4 Å². The predicted molar refractivity (Wildman–Crippen MR) is 130 cm³/mol. The lowest BCUT2D eigenvalue weighted by atomic mass is 10.00. The van der Waals surface area contributed by atoms with E-state index in [-0.39, 0.29) is 24.8 Å². The minimum Gasteiger partial charge on any atom is -0.341 e. The fourth-order valence-corrected chi connectivity index (χ4v) is 5.41. The topological polar surface area (TPSA) is 20.2 Å². The number of fused-ring (bicyclic) bond motifs is 3.